The van der Waals surface area contributed by atoms with E-state index in [1.54, 1.807) is 23.9 Å². The number of aromatic nitrogens is 2. The molecule has 136 valence electrons. The maximum atomic E-state index is 13.7. The molecule has 25 heavy (non-hydrogen) atoms. The van der Waals surface area contributed by atoms with Gasteiger partial charge in [0.2, 0.25) is 5.88 Å². The first-order valence-corrected chi connectivity index (χ1v) is 8.76. The third-order valence-electron chi connectivity index (χ3n) is 4.63. The van der Waals surface area contributed by atoms with Crippen molar-refractivity contribution < 1.29 is 13.9 Å². The summed E-state index contributed by atoms with van der Waals surface area (Å²) in [5.74, 6) is 1.59. The van der Waals surface area contributed by atoms with Crippen LogP contribution < -0.4 is 14.8 Å². The molecule has 1 aromatic heterocycles. The molecule has 1 aromatic carbocycles. The molecule has 5 nitrogen and oxygen atoms in total. The van der Waals surface area contributed by atoms with Crippen LogP contribution in [0.15, 0.2) is 18.2 Å². The van der Waals surface area contributed by atoms with Crippen molar-refractivity contribution in [2.75, 3.05) is 13.7 Å². The van der Waals surface area contributed by atoms with Crippen LogP contribution in [0.2, 0.25) is 0 Å². The molecule has 1 aliphatic heterocycles. The molecule has 0 saturated heterocycles. The van der Waals surface area contributed by atoms with E-state index in [0.717, 1.165) is 41.3 Å². The lowest BCUT2D eigenvalue weighted by atomic mass is 10.0. The van der Waals surface area contributed by atoms with E-state index < -0.39 is 0 Å². The number of fused-ring (bicyclic) bond motifs is 1. The largest absolute Gasteiger partial charge is 0.493 e. The van der Waals surface area contributed by atoms with Crippen molar-refractivity contribution in [1.29, 1.82) is 0 Å². The van der Waals surface area contributed by atoms with E-state index in [2.05, 4.69) is 24.3 Å². The van der Waals surface area contributed by atoms with Gasteiger partial charge < -0.3 is 14.8 Å². The van der Waals surface area contributed by atoms with Crippen molar-refractivity contribution in [2.45, 2.75) is 45.2 Å². The van der Waals surface area contributed by atoms with Gasteiger partial charge in [0.15, 0.2) is 0 Å². The molecule has 2 heterocycles. The molecule has 0 amide bonds. The fraction of sp³-hybridized carbons (Fsp3) is 0.526. The molecule has 1 N–H and O–H groups in total. The van der Waals surface area contributed by atoms with Gasteiger partial charge in [0.05, 0.1) is 25.0 Å². The molecule has 1 aliphatic rings. The van der Waals surface area contributed by atoms with Crippen molar-refractivity contribution in [2.24, 2.45) is 7.05 Å². The second-order valence-electron chi connectivity index (χ2n) is 6.76. The third-order valence-corrected chi connectivity index (χ3v) is 4.63. The third kappa shape index (κ3) is 3.63. The number of rotatable bonds is 5. The van der Waals surface area contributed by atoms with Crippen LogP contribution in [0, 0.1) is 5.82 Å². The van der Waals surface area contributed by atoms with Crippen molar-refractivity contribution in [3.8, 4) is 11.6 Å². The van der Waals surface area contributed by atoms with Crippen molar-refractivity contribution in [3.63, 3.8) is 0 Å². The maximum Gasteiger partial charge on any atom is 0.216 e. The van der Waals surface area contributed by atoms with Crippen LogP contribution in [-0.2, 0) is 13.6 Å². The second-order valence-corrected chi connectivity index (χ2v) is 6.76. The number of benzene rings is 1. The van der Waals surface area contributed by atoms with E-state index in [4.69, 9.17) is 9.47 Å². The highest BCUT2D eigenvalue weighted by molar-refractivity contribution is 5.38. The Bertz CT molecular complexity index is 743. The van der Waals surface area contributed by atoms with Gasteiger partial charge in [-0.15, -0.1) is 0 Å². The van der Waals surface area contributed by atoms with Gasteiger partial charge in [-0.1, -0.05) is 13.8 Å². The number of ether oxygens (including phenoxy) is 2. The minimum atomic E-state index is -0.238. The normalized spacial score (nSPS) is 17.1. The highest BCUT2D eigenvalue weighted by Crippen LogP contribution is 2.33. The lowest BCUT2D eigenvalue weighted by Gasteiger charge is -2.19. The van der Waals surface area contributed by atoms with E-state index in [1.807, 2.05) is 7.05 Å². The topological polar surface area (TPSA) is 48.3 Å². The van der Waals surface area contributed by atoms with Crippen LogP contribution in [0.4, 0.5) is 4.39 Å². The Morgan fingerprint density at radius 3 is 2.96 bits per heavy atom. The summed E-state index contributed by atoms with van der Waals surface area (Å²) >= 11 is 0. The average Bonchev–Trinajstić information content (AvgIpc) is 2.77. The molecule has 0 saturated carbocycles. The molecule has 2 aromatic rings. The number of methoxy groups -OCH3 is 1. The van der Waals surface area contributed by atoms with Crippen molar-refractivity contribution >= 4 is 0 Å². The minimum Gasteiger partial charge on any atom is -0.493 e. The molecular weight excluding hydrogens is 321 g/mol. The van der Waals surface area contributed by atoms with Gasteiger partial charge in [0, 0.05) is 25.2 Å². The van der Waals surface area contributed by atoms with Crippen LogP contribution in [-0.4, -0.2) is 23.5 Å². The zero-order valence-electron chi connectivity index (χ0n) is 15.3. The van der Waals surface area contributed by atoms with Crippen LogP contribution in [0.3, 0.4) is 0 Å². The molecule has 6 heteroatoms. The van der Waals surface area contributed by atoms with E-state index in [0.29, 0.717) is 19.1 Å². The van der Waals surface area contributed by atoms with Gasteiger partial charge in [-0.25, -0.2) is 9.07 Å². The molecule has 0 unspecified atom stereocenters. The molecule has 0 fully saturated rings. The number of aryl methyl sites for hydroxylation is 1. The standard InChI is InChI=1S/C19H26FN3O2/c1-12(2)18-15(19(24-4)23(3)22-18)11-21-16-6-5-9-25-17-8-7-13(20)10-14(16)17/h7-8,10,12,16,21H,5-6,9,11H2,1-4H3/t16-/m1/s1. The smallest absolute Gasteiger partial charge is 0.216 e. The minimum absolute atomic E-state index is 0.0399. The van der Waals surface area contributed by atoms with Crippen LogP contribution in [0.1, 0.15) is 55.5 Å². The Morgan fingerprint density at radius 2 is 2.24 bits per heavy atom. The maximum absolute atomic E-state index is 13.7. The highest BCUT2D eigenvalue weighted by atomic mass is 19.1. The van der Waals surface area contributed by atoms with Gasteiger partial charge in [0.1, 0.15) is 11.6 Å². The highest BCUT2D eigenvalue weighted by Gasteiger charge is 2.23. The second kappa shape index (κ2) is 7.44. The van der Waals surface area contributed by atoms with Crippen LogP contribution >= 0.6 is 0 Å². The predicted octanol–water partition coefficient (Wildman–Crippen LogP) is 3.69. The van der Waals surface area contributed by atoms with Crippen molar-refractivity contribution in [1.82, 2.24) is 15.1 Å². The summed E-state index contributed by atoms with van der Waals surface area (Å²) in [7, 11) is 3.55. The predicted molar refractivity (Wildman–Crippen MR) is 94.6 cm³/mol. The lowest BCUT2D eigenvalue weighted by molar-refractivity contribution is 0.314. The fourth-order valence-corrected chi connectivity index (χ4v) is 3.44. The molecule has 0 radical (unpaired) electrons. The molecule has 0 spiro atoms. The summed E-state index contributed by atoms with van der Waals surface area (Å²) in [5, 5.41) is 8.15. The molecule has 1 atom stereocenters. The Hall–Kier alpha value is -2.08. The molecule has 0 bridgehead atoms. The summed E-state index contributed by atoms with van der Waals surface area (Å²) in [6.45, 7) is 5.51. The van der Waals surface area contributed by atoms with Gasteiger partial charge in [0.25, 0.3) is 0 Å². The Labute approximate surface area is 148 Å². The summed E-state index contributed by atoms with van der Waals surface area (Å²) < 4.78 is 26.8. The van der Waals surface area contributed by atoms with Crippen LogP contribution in [0.25, 0.3) is 0 Å². The summed E-state index contributed by atoms with van der Waals surface area (Å²) in [6, 6.07) is 4.78. The first-order valence-electron chi connectivity index (χ1n) is 8.76. The summed E-state index contributed by atoms with van der Waals surface area (Å²) in [5.41, 5.74) is 2.96. The van der Waals surface area contributed by atoms with Gasteiger partial charge in [-0.3, -0.25) is 0 Å². The number of nitrogens with one attached hydrogen (secondary N) is 1. The Kier molecular flexibility index (Phi) is 5.27. The first kappa shape index (κ1) is 17.7. The van der Waals surface area contributed by atoms with Gasteiger partial charge >= 0.3 is 0 Å². The van der Waals surface area contributed by atoms with E-state index in [-0.39, 0.29) is 11.9 Å². The number of halogens is 1. The fourth-order valence-electron chi connectivity index (χ4n) is 3.44. The van der Waals surface area contributed by atoms with E-state index in [9.17, 15) is 4.39 Å². The van der Waals surface area contributed by atoms with E-state index >= 15 is 0 Å². The SMILES string of the molecule is COc1c(CN[C@@H]2CCCOc3ccc(F)cc32)c(C(C)C)nn1C. The average molecular weight is 347 g/mol. The number of hydrogen-bond acceptors (Lipinski definition) is 4. The number of hydrogen-bond donors (Lipinski definition) is 1. The van der Waals surface area contributed by atoms with Crippen molar-refractivity contribution in [3.05, 3.63) is 40.8 Å². The summed E-state index contributed by atoms with van der Waals surface area (Å²) in [6.07, 6.45) is 1.82. The molecule has 0 aliphatic carbocycles. The zero-order valence-corrected chi connectivity index (χ0v) is 15.3. The van der Waals surface area contributed by atoms with E-state index in [1.165, 1.54) is 6.07 Å². The summed E-state index contributed by atoms with van der Waals surface area (Å²) in [4.78, 5) is 0. The monoisotopic (exact) mass is 347 g/mol. The van der Waals surface area contributed by atoms with Gasteiger partial charge in [-0.2, -0.15) is 5.10 Å². The first-order chi connectivity index (χ1) is 12.0. The molecule has 3 rings (SSSR count). The zero-order chi connectivity index (χ0) is 18.0. The quantitative estimate of drug-likeness (QED) is 0.896. The Morgan fingerprint density at radius 1 is 1.44 bits per heavy atom. The number of nitrogens with zero attached hydrogens (tertiary/aromatic N) is 2. The van der Waals surface area contributed by atoms with Gasteiger partial charge in [-0.05, 0) is 37.0 Å². The molecular formula is C19H26FN3O2. The lowest BCUT2D eigenvalue weighted by Crippen LogP contribution is -2.21. The van der Waals surface area contributed by atoms with Crippen LogP contribution in [0.5, 0.6) is 11.6 Å². The Balaban J connectivity index is 1.86.